The summed E-state index contributed by atoms with van der Waals surface area (Å²) < 4.78 is 10.2. The van der Waals surface area contributed by atoms with Gasteiger partial charge in [-0.15, -0.1) is 0 Å². The van der Waals surface area contributed by atoms with Crippen LogP contribution >= 0.6 is 0 Å². The number of fused-ring (bicyclic) bond motifs is 1. The first-order valence-corrected chi connectivity index (χ1v) is 8.03. The number of amides is 1. The van der Waals surface area contributed by atoms with Crippen molar-refractivity contribution in [3.8, 4) is 0 Å². The first-order valence-electron chi connectivity index (χ1n) is 8.03. The molecular weight excluding hydrogens is 310 g/mol. The lowest BCUT2D eigenvalue weighted by Crippen LogP contribution is -2.47. The summed E-state index contributed by atoms with van der Waals surface area (Å²) in [5, 5.41) is 10.1. The molecule has 0 saturated carbocycles. The van der Waals surface area contributed by atoms with Gasteiger partial charge >= 0.3 is 12.1 Å². The van der Waals surface area contributed by atoms with Crippen LogP contribution in [0.2, 0.25) is 0 Å². The fourth-order valence-corrected chi connectivity index (χ4v) is 3.52. The van der Waals surface area contributed by atoms with Crippen molar-refractivity contribution in [1.82, 2.24) is 4.90 Å². The van der Waals surface area contributed by atoms with Crippen LogP contribution in [0.3, 0.4) is 0 Å². The highest BCUT2D eigenvalue weighted by Crippen LogP contribution is 2.38. The molecule has 6 heteroatoms. The van der Waals surface area contributed by atoms with Gasteiger partial charge < -0.3 is 14.6 Å². The number of hydrogen-bond acceptors (Lipinski definition) is 5. The van der Waals surface area contributed by atoms with E-state index in [0.29, 0.717) is 12.8 Å². The Morgan fingerprint density at radius 1 is 1.29 bits per heavy atom. The number of ether oxygens (including phenoxy) is 2. The monoisotopic (exact) mass is 331 g/mol. The minimum absolute atomic E-state index is 0.139. The summed E-state index contributed by atoms with van der Waals surface area (Å²) in [5.74, 6) is -0.656. The molecule has 0 radical (unpaired) electrons. The van der Waals surface area contributed by atoms with Crippen LogP contribution < -0.4 is 0 Å². The molecule has 128 valence electrons. The van der Waals surface area contributed by atoms with E-state index in [-0.39, 0.29) is 18.6 Å². The number of esters is 1. The molecule has 1 amide bonds. The molecule has 1 heterocycles. The lowest BCUT2D eigenvalue weighted by molar-refractivity contribution is -0.145. The van der Waals surface area contributed by atoms with Crippen molar-refractivity contribution >= 4 is 12.1 Å². The highest BCUT2D eigenvalue weighted by Gasteiger charge is 2.50. The minimum atomic E-state index is -0.720. The summed E-state index contributed by atoms with van der Waals surface area (Å²) in [4.78, 5) is 26.1. The molecule has 1 aromatic carbocycles. The molecule has 1 saturated heterocycles. The van der Waals surface area contributed by atoms with Crippen LogP contribution in [0.5, 0.6) is 0 Å². The van der Waals surface area contributed by atoms with Gasteiger partial charge in [0.05, 0.1) is 13.2 Å². The van der Waals surface area contributed by atoms with Crippen LogP contribution in [0.25, 0.3) is 0 Å². The molecule has 0 unspecified atom stereocenters. The molecule has 1 N–H and O–H groups in total. The maximum absolute atomic E-state index is 12.6. The van der Waals surface area contributed by atoms with Gasteiger partial charge in [-0.05, 0) is 18.4 Å². The normalized spacial score (nSPS) is 28.3. The number of aliphatic hydroxyl groups excluding tert-OH is 1. The number of carbonyl (C=O) groups is 2. The van der Waals surface area contributed by atoms with Gasteiger partial charge in [0, 0.05) is 12.0 Å². The van der Waals surface area contributed by atoms with Crippen molar-refractivity contribution in [2.45, 2.75) is 37.6 Å². The Labute approximate surface area is 140 Å². The van der Waals surface area contributed by atoms with Crippen molar-refractivity contribution in [3.63, 3.8) is 0 Å². The summed E-state index contributed by atoms with van der Waals surface area (Å²) in [6.07, 6.45) is 3.31. The maximum atomic E-state index is 12.6. The van der Waals surface area contributed by atoms with Crippen molar-refractivity contribution in [3.05, 3.63) is 48.0 Å². The topological polar surface area (TPSA) is 76.1 Å². The molecule has 3 rings (SSSR count). The third-order valence-corrected chi connectivity index (χ3v) is 4.72. The fraction of sp³-hybridized carbons (Fsp3) is 0.444. The average molecular weight is 331 g/mol. The van der Waals surface area contributed by atoms with Crippen LogP contribution in [0.15, 0.2) is 42.5 Å². The highest BCUT2D eigenvalue weighted by molar-refractivity contribution is 5.82. The average Bonchev–Trinajstić information content (AvgIpc) is 3.01. The van der Waals surface area contributed by atoms with Gasteiger partial charge in [0.2, 0.25) is 0 Å². The van der Waals surface area contributed by atoms with Crippen molar-refractivity contribution in [1.29, 1.82) is 0 Å². The zero-order valence-electron chi connectivity index (χ0n) is 13.5. The Kier molecular flexibility index (Phi) is 4.85. The quantitative estimate of drug-likeness (QED) is 0.676. The van der Waals surface area contributed by atoms with E-state index in [1.807, 2.05) is 36.4 Å². The third kappa shape index (κ3) is 3.14. The minimum Gasteiger partial charge on any atom is -0.467 e. The second kappa shape index (κ2) is 7.05. The van der Waals surface area contributed by atoms with Gasteiger partial charge in [0.25, 0.3) is 0 Å². The Balaban J connectivity index is 1.75. The summed E-state index contributed by atoms with van der Waals surface area (Å²) in [5.41, 5.74) is 0.875. The third-order valence-electron chi connectivity index (χ3n) is 4.72. The van der Waals surface area contributed by atoms with Gasteiger partial charge in [-0.1, -0.05) is 42.5 Å². The van der Waals surface area contributed by atoms with Gasteiger partial charge in [-0.25, -0.2) is 9.59 Å². The second-order valence-electron chi connectivity index (χ2n) is 6.11. The molecule has 0 bridgehead atoms. The van der Waals surface area contributed by atoms with Crippen LogP contribution in [0.4, 0.5) is 4.79 Å². The summed E-state index contributed by atoms with van der Waals surface area (Å²) in [6, 6.07) is 8.39. The summed E-state index contributed by atoms with van der Waals surface area (Å²) in [6.45, 7) is 0.139. The maximum Gasteiger partial charge on any atom is 0.411 e. The van der Waals surface area contributed by atoms with E-state index in [4.69, 9.17) is 9.47 Å². The van der Waals surface area contributed by atoms with Gasteiger partial charge in [-0.3, -0.25) is 4.90 Å². The van der Waals surface area contributed by atoms with E-state index in [2.05, 4.69) is 0 Å². The van der Waals surface area contributed by atoms with Crippen LogP contribution in [-0.2, 0) is 20.9 Å². The standard InChI is InChI=1S/C18H21NO5/c1-23-17(21)15-10-13-14(8-5-9-16(13)20)19(15)18(22)24-11-12-6-3-2-4-7-12/h2-7,9,13-16,20H,8,10-11H2,1H3/t13-,14-,15+,16-/m1/s1. The van der Waals surface area contributed by atoms with E-state index >= 15 is 0 Å². The molecular formula is C18H21NO5. The van der Waals surface area contributed by atoms with E-state index in [9.17, 15) is 14.7 Å². The van der Waals surface area contributed by atoms with E-state index in [0.717, 1.165) is 5.56 Å². The SMILES string of the molecule is COC(=O)[C@@H]1C[C@H]2[C@H](O)C=CC[C@H]2N1C(=O)OCc1ccccc1. The fourth-order valence-electron chi connectivity index (χ4n) is 3.52. The smallest absolute Gasteiger partial charge is 0.411 e. The molecule has 4 atom stereocenters. The highest BCUT2D eigenvalue weighted by atomic mass is 16.6. The predicted octanol–water partition coefficient (Wildman–Crippen LogP) is 1.88. The molecule has 1 aliphatic carbocycles. The zero-order valence-corrected chi connectivity index (χ0v) is 13.5. The predicted molar refractivity (Wildman–Crippen MR) is 85.9 cm³/mol. The molecule has 2 aliphatic rings. The number of nitrogens with zero attached hydrogens (tertiary/aromatic N) is 1. The number of methoxy groups -OCH3 is 1. The molecule has 6 nitrogen and oxygen atoms in total. The Hall–Kier alpha value is -2.34. The van der Waals surface area contributed by atoms with Crippen molar-refractivity contribution < 1.29 is 24.2 Å². The molecule has 0 spiro atoms. The first kappa shape index (κ1) is 16.5. The van der Waals surface area contributed by atoms with Crippen LogP contribution in [0.1, 0.15) is 18.4 Å². The largest absolute Gasteiger partial charge is 0.467 e. The van der Waals surface area contributed by atoms with Gasteiger partial charge in [0.1, 0.15) is 12.6 Å². The second-order valence-corrected chi connectivity index (χ2v) is 6.11. The van der Waals surface area contributed by atoms with Crippen LogP contribution in [-0.4, -0.2) is 47.4 Å². The number of hydrogen-bond donors (Lipinski definition) is 1. The van der Waals surface area contributed by atoms with Gasteiger partial charge in [-0.2, -0.15) is 0 Å². The molecule has 1 fully saturated rings. The lowest BCUT2D eigenvalue weighted by Gasteiger charge is -2.32. The van der Waals surface area contributed by atoms with Crippen molar-refractivity contribution in [2.75, 3.05) is 7.11 Å². The summed E-state index contributed by atoms with van der Waals surface area (Å²) >= 11 is 0. The van der Waals surface area contributed by atoms with Gasteiger partial charge in [0.15, 0.2) is 0 Å². The summed E-state index contributed by atoms with van der Waals surface area (Å²) in [7, 11) is 1.30. The lowest BCUT2D eigenvalue weighted by atomic mass is 9.87. The van der Waals surface area contributed by atoms with E-state index in [1.165, 1.54) is 12.0 Å². The van der Waals surface area contributed by atoms with Crippen LogP contribution in [0, 0.1) is 5.92 Å². The Bertz CT molecular complexity index is 630. The van der Waals surface area contributed by atoms with Crippen molar-refractivity contribution in [2.24, 2.45) is 5.92 Å². The number of rotatable bonds is 3. The number of likely N-dealkylation sites (tertiary alicyclic amines) is 1. The molecule has 1 aromatic rings. The zero-order chi connectivity index (χ0) is 17.1. The number of benzene rings is 1. The van der Waals surface area contributed by atoms with E-state index < -0.39 is 24.2 Å². The first-order chi connectivity index (χ1) is 11.6. The molecule has 24 heavy (non-hydrogen) atoms. The number of carbonyl (C=O) groups excluding carboxylic acids is 2. The number of aliphatic hydroxyl groups is 1. The van der Waals surface area contributed by atoms with E-state index in [1.54, 1.807) is 6.08 Å². The Morgan fingerprint density at radius 2 is 2.04 bits per heavy atom. The molecule has 0 aromatic heterocycles. The molecule has 1 aliphatic heterocycles. The Morgan fingerprint density at radius 3 is 2.75 bits per heavy atom.